The highest BCUT2D eigenvalue weighted by Gasteiger charge is 2.09. The van der Waals surface area contributed by atoms with Crippen LogP contribution in [-0.2, 0) is 4.79 Å². The molecule has 1 rings (SSSR count). The van der Waals surface area contributed by atoms with Crippen molar-refractivity contribution in [2.45, 2.75) is 13.3 Å². The fourth-order valence-corrected chi connectivity index (χ4v) is 2.82. The molecule has 6 heteroatoms. The van der Waals surface area contributed by atoms with Gasteiger partial charge in [0, 0.05) is 18.8 Å². The van der Waals surface area contributed by atoms with Crippen LogP contribution < -0.4 is 5.32 Å². The molecule has 0 saturated carbocycles. The van der Waals surface area contributed by atoms with E-state index in [1.54, 1.807) is 30.0 Å². The second-order valence-corrected chi connectivity index (χ2v) is 6.22. The van der Waals surface area contributed by atoms with Crippen LogP contribution in [0, 0.1) is 5.92 Å². The molecular formula is C13H17Cl2NO2S. The predicted molar refractivity (Wildman–Crippen MR) is 83.3 cm³/mol. The SMILES string of the molecule is CC(CO)CSCCC(=O)Nc1c(Cl)cccc1Cl. The molecule has 1 aromatic rings. The van der Waals surface area contributed by atoms with E-state index in [1.165, 1.54) is 0 Å². The van der Waals surface area contributed by atoms with E-state index in [0.717, 1.165) is 5.75 Å². The van der Waals surface area contributed by atoms with E-state index in [2.05, 4.69) is 5.32 Å². The number of aliphatic hydroxyl groups is 1. The van der Waals surface area contributed by atoms with Crippen LogP contribution in [0.5, 0.6) is 0 Å². The molecule has 0 fully saturated rings. The Bertz CT molecular complexity index is 409. The Morgan fingerprint density at radius 1 is 1.42 bits per heavy atom. The Labute approximate surface area is 127 Å². The van der Waals surface area contributed by atoms with E-state index in [9.17, 15) is 4.79 Å². The third-order valence-electron chi connectivity index (χ3n) is 2.41. The Hall–Kier alpha value is -0.420. The smallest absolute Gasteiger partial charge is 0.225 e. The van der Waals surface area contributed by atoms with E-state index < -0.39 is 0 Å². The molecule has 0 bridgehead atoms. The van der Waals surface area contributed by atoms with Crippen molar-refractivity contribution in [3.05, 3.63) is 28.2 Å². The van der Waals surface area contributed by atoms with Crippen molar-refractivity contribution in [1.82, 2.24) is 0 Å². The molecule has 1 amide bonds. The number of amides is 1. The highest BCUT2D eigenvalue weighted by molar-refractivity contribution is 7.99. The number of hydrogen-bond acceptors (Lipinski definition) is 3. The summed E-state index contributed by atoms with van der Waals surface area (Å²) >= 11 is 13.6. The summed E-state index contributed by atoms with van der Waals surface area (Å²) in [5.74, 6) is 1.69. The highest BCUT2D eigenvalue weighted by Crippen LogP contribution is 2.29. The molecule has 0 heterocycles. The third-order valence-corrected chi connectivity index (χ3v) is 4.34. The maximum atomic E-state index is 11.7. The summed E-state index contributed by atoms with van der Waals surface area (Å²) in [6.45, 7) is 2.14. The fourth-order valence-electron chi connectivity index (χ4n) is 1.32. The van der Waals surface area contributed by atoms with Gasteiger partial charge in [-0.05, 0) is 23.8 Å². The van der Waals surface area contributed by atoms with Crippen LogP contribution in [-0.4, -0.2) is 29.1 Å². The lowest BCUT2D eigenvalue weighted by molar-refractivity contribution is -0.115. The van der Waals surface area contributed by atoms with Gasteiger partial charge in [-0.25, -0.2) is 0 Å². The number of thioether (sulfide) groups is 1. The standard InChI is InChI=1S/C13H17Cl2NO2S/c1-9(7-17)8-19-6-5-12(18)16-13-10(14)3-2-4-11(13)15/h2-4,9,17H,5-8H2,1H3,(H,16,18). The Kier molecular flexibility index (Phi) is 7.61. The number of anilines is 1. The Morgan fingerprint density at radius 2 is 2.05 bits per heavy atom. The van der Waals surface area contributed by atoms with Crippen LogP contribution in [0.2, 0.25) is 10.0 Å². The molecule has 2 N–H and O–H groups in total. The van der Waals surface area contributed by atoms with Crippen molar-refractivity contribution >= 4 is 46.6 Å². The van der Waals surface area contributed by atoms with Crippen molar-refractivity contribution in [2.75, 3.05) is 23.4 Å². The average molecular weight is 322 g/mol. The molecule has 0 spiro atoms. The quantitative estimate of drug-likeness (QED) is 0.753. The van der Waals surface area contributed by atoms with Gasteiger partial charge in [0.15, 0.2) is 0 Å². The predicted octanol–water partition coefficient (Wildman–Crippen LogP) is 3.68. The number of aliphatic hydroxyl groups excluding tert-OH is 1. The van der Waals surface area contributed by atoms with Gasteiger partial charge in [-0.15, -0.1) is 0 Å². The number of para-hydroxylation sites is 1. The van der Waals surface area contributed by atoms with Crippen molar-refractivity contribution < 1.29 is 9.90 Å². The van der Waals surface area contributed by atoms with Gasteiger partial charge in [0.2, 0.25) is 5.91 Å². The van der Waals surface area contributed by atoms with Crippen molar-refractivity contribution in [3.63, 3.8) is 0 Å². The van der Waals surface area contributed by atoms with Gasteiger partial charge in [-0.3, -0.25) is 4.79 Å². The lowest BCUT2D eigenvalue weighted by Gasteiger charge is -2.10. The molecule has 106 valence electrons. The first-order chi connectivity index (χ1) is 9.04. The van der Waals surface area contributed by atoms with Crippen LogP contribution in [0.3, 0.4) is 0 Å². The molecule has 0 aliphatic rings. The second-order valence-electron chi connectivity index (χ2n) is 4.26. The van der Waals surface area contributed by atoms with Crippen LogP contribution in [0.15, 0.2) is 18.2 Å². The number of hydrogen-bond donors (Lipinski definition) is 2. The van der Waals surface area contributed by atoms with Gasteiger partial charge in [0.25, 0.3) is 0 Å². The van der Waals surface area contributed by atoms with Gasteiger partial charge >= 0.3 is 0 Å². The summed E-state index contributed by atoms with van der Waals surface area (Å²) in [5.41, 5.74) is 0.463. The molecule has 1 atom stereocenters. The Morgan fingerprint density at radius 3 is 2.63 bits per heavy atom. The summed E-state index contributed by atoms with van der Waals surface area (Å²) < 4.78 is 0. The minimum Gasteiger partial charge on any atom is -0.396 e. The first-order valence-electron chi connectivity index (χ1n) is 5.97. The lowest BCUT2D eigenvalue weighted by Crippen LogP contribution is -2.13. The van der Waals surface area contributed by atoms with Gasteiger partial charge in [0.05, 0.1) is 15.7 Å². The molecule has 1 aromatic carbocycles. The molecule has 0 aromatic heterocycles. The zero-order valence-corrected chi connectivity index (χ0v) is 13.0. The monoisotopic (exact) mass is 321 g/mol. The number of rotatable bonds is 7. The molecule has 0 aliphatic carbocycles. The zero-order chi connectivity index (χ0) is 14.3. The largest absolute Gasteiger partial charge is 0.396 e. The van der Waals surface area contributed by atoms with Crippen LogP contribution >= 0.6 is 35.0 Å². The van der Waals surface area contributed by atoms with Crippen molar-refractivity contribution in [1.29, 1.82) is 0 Å². The summed E-state index contributed by atoms with van der Waals surface area (Å²) in [7, 11) is 0. The first-order valence-corrected chi connectivity index (χ1v) is 7.88. The number of benzene rings is 1. The molecule has 3 nitrogen and oxygen atoms in total. The van der Waals surface area contributed by atoms with E-state index in [-0.39, 0.29) is 18.4 Å². The summed E-state index contributed by atoms with van der Waals surface area (Å²) in [6.07, 6.45) is 0.393. The number of carbonyl (C=O) groups is 1. The third kappa shape index (κ3) is 6.04. The normalized spacial score (nSPS) is 12.2. The number of nitrogens with one attached hydrogen (secondary N) is 1. The number of halogens is 2. The minimum absolute atomic E-state index is 0.112. The highest BCUT2D eigenvalue weighted by atomic mass is 35.5. The van der Waals surface area contributed by atoms with Crippen molar-refractivity contribution in [2.24, 2.45) is 5.92 Å². The molecule has 0 radical (unpaired) electrons. The summed E-state index contributed by atoms with van der Waals surface area (Å²) in [5, 5.41) is 12.5. The number of carbonyl (C=O) groups excluding carboxylic acids is 1. The van der Waals surface area contributed by atoms with Gasteiger partial charge in [0.1, 0.15) is 0 Å². The zero-order valence-electron chi connectivity index (χ0n) is 10.7. The maximum Gasteiger partial charge on any atom is 0.225 e. The lowest BCUT2D eigenvalue weighted by atomic mass is 10.2. The summed E-state index contributed by atoms with van der Waals surface area (Å²) in [6, 6.07) is 5.09. The second kappa shape index (κ2) is 8.69. The first kappa shape index (κ1) is 16.6. The summed E-state index contributed by atoms with van der Waals surface area (Å²) in [4.78, 5) is 11.7. The minimum atomic E-state index is -0.112. The average Bonchev–Trinajstić information content (AvgIpc) is 2.39. The van der Waals surface area contributed by atoms with Gasteiger partial charge in [-0.1, -0.05) is 36.2 Å². The van der Waals surface area contributed by atoms with E-state index in [1.807, 2.05) is 6.92 Å². The molecule has 1 unspecified atom stereocenters. The topological polar surface area (TPSA) is 49.3 Å². The van der Waals surface area contributed by atoms with E-state index in [0.29, 0.717) is 27.9 Å². The van der Waals surface area contributed by atoms with Crippen LogP contribution in [0.25, 0.3) is 0 Å². The Balaban J connectivity index is 2.35. The molecule has 0 saturated heterocycles. The van der Waals surface area contributed by atoms with Crippen LogP contribution in [0.1, 0.15) is 13.3 Å². The molecule has 19 heavy (non-hydrogen) atoms. The van der Waals surface area contributed by atoms with Crippen molar-refractivity contribution in [3.8, 4) is 0 Å². The molecule has 0 aliphatic heterocycles. The van der Waals surface area contributed by atoms with Crippen LogP contribution in [0.4, 0.5) is 5.69 Å². The van der Waals surface area contributed by atoms with Gasteiger partial charge < -0.3 is 10.4 Å². The van der Waals surface area contributed by atoms with E-state index >= 15 is 0 Å². The van der Waals surface area contributed by atoms with E-state index in [4.69, 9.17) is 28.3 Å². The van der Waals surface area contributed by atoms with Gasteiger partial charge in [-0.2, -0.15) is 11.8 Å². The molecular weight excluding hydrogens is 305 g/mol. The fraction of sp³-hybridized carbons (Fsp3) is 0.462. The maximum absolute atomic E-state index is 11.7.